The highest BCUT2D eigenvalue weighted by molar-refractivity contribution is 7.99. The molecule has 0 spiro atoms. The summed E-state index contributed by atoms with van der Waals surface area (Å²) in [5, 5.41) is 10.9. The third kappa shape index (κ3) is 4.78. The second kappa shape index (κ2) is 7.73. The Labute approximate surface area is 136 Å². The van der Waals surface area contributed by atoms with E-state index in [1.165, 1.54) is 23.9 Å². The average Bonchev–Trinajstić information content (AvgIpc) is 2.86. The third-order valence-corrected chi connectivity index (χ3v) is 4.02. The molecule has 1 aromatic carbocycles. The second-order valence-corrected chi connectivity index (χ2v) is 5.68. The van der Waals surface area contributed by atoms with E-state index >= 15 is 0 Å². The number of aromatic nitrogens is 3. The van der Waals surface area contributed by atoms with Gasteiger partial charge in [-0.25, -0.2) is 4.39 Å². The molecule has 0 fully saturated rings. The average molecular weight is 337 g/mol. The predicted molar refractivity (Wildman–Crippen MR) is 84.3 cm³/mol. The molecule has 3 N–H and O–H groups in total. The molecule has 0 unspecified atom stereocenters. The van der Waals surface area contributed by atoms with Crippen molar-refractivity contribution in [2.45, 2.75) is 18.0 Å². The van der Waals surface area contributed by atoms with Gasteiger partial charge in [-0.3, -0.25) is 9.59 Å². The van der Waals surface area contributed by atoms with Crippen LogP contribution in [0.1, 0.15) is 12.2 Å². The first kappa shape index (κ1) is 16.9. The Balaban J connectivity index is 1.89. The van der Waals surface area contributed by atoms with Crippen LogP contribution >= 0.6 is 11.8 Å². The monoisotopic (exact) mass is 337 g/mol. The summed E-state index contributed by atoms with van der Waals surface area (Å²) >= 11 is 1.17. The number of rotatable bonds is 7. The first-order valence-corrected chi connectivity index (χ1v) is 7.79. The van der Waals surface area contributed by atoms with Crippen molar-refractivity contribution in [1.82, 2.24) is 14.8 Å². The number of carbonyl (C=O) groups excluding carboxylic acids is 2. The van der Waals surface area contributed by atoms with E-state index < -0.39 is 11.7 Å². The lowest BCUT2D eigenvalue weighted by Crippen LogP contribution is -2.15. The minimum absolute atomic E-state index is 0.0656. The van der Waals surface area contributed by atoms with Gasteiger partial charge >= 0.3 is 0 Å². The number of hydrogen-bond acceptors (Lipinski definition) is 5. The number of anilines is 1. The molecule has 9 heteroatoms. The van der Waals surface area contributed by atoms with Crippen LogP contribution in [0.4, 0.5) is 10.1 Å². The summed E-state index contributed by atoms with van der Waals surface area (Å²) in [4.78, 5) is 22.6. The molecule has 0 saturated carbocycles. The lowest BCUT2D eigenvalue weighted by molar-refractivity contribution is -0.118. The Morgan fingerprint density at radius 1 is 1.35 bits per heavy atom. The third-order valence-electron chi connectivity index (χ3n) is 3.00. The zero-order valence-corrected chi connectivity index (χ0v) is 13.3. The van der Waals surface area contributed by atoms with Gasteiger partial charge < -0.3 is 15.6 Å². The molecule has 1 heterocycles. The fourth-order valence-corrected chi connectivity index (χ4v) is 2.53. The number of nitrogens with zero attached hydrogens (tertiary/aromatic N) is 3. The molecule has 0 aliphatic carbocycles. The highest BCUT2D eigenvalue weighted by atomic mass is 32.2. The Bertz CT molecular complexity index is 719. The largest absolute Gasteiger partial charge is 0.370 e. The van der Waals surface area contributed by atoms with Gasteiger partial charge in [0.15, 0.2) is 5.16 Å². The number of nitrogens with two attached hydrogens (primary N) is 1. The quantitative estimate of drug-likeness (QED) is 0.737. The van der Waals surface area contributed by atoms with E-state index in [0.717, 1.165) is 0 Å². The number of carbonyl (C=O) groups is 2. The maximum absolute atomic E-state index is 13.4. The molecule has 122 valence electrons. The molecule has 2 aromatic rings. The minimum Gasteiger partial charge on any atom is -0.370 e. The van der Waals surface area contributed by atoms with Crippen molar-refractivity contribution in [3.05, 3.63) is 35.9 Å². The number of nitrogens with one attached hydrogen (secondary N) is 1. The van der Waals surface area contributed by atoms with Crippen molar-refractivity contribution < 1.29 is 14.0 Å². The molecular formula is C14H16FN5O2S. The topological polar surface area (TPSA) is 103 Å². The van der Waals surface area contributed by atoms with E-state index in [1.807, 2.05) is 0 Å². The Hall–Kier alpha value is -2.42. The maximum atomic E-state index is 13.4. The zero-order chi connectivity index (χ0) is 16.8. The van der Waals surface area contributed by atoms with E-state index in [9.17, 15) is 14.0 Å². The van der Waals surface area contributed by atoms with Gasteiger partial charge in [0, 0.05) is 19.9 Å². The van der Waals surface area contributed by atoms with E-state index in [4.69, 9.17) is 5.73 Å². The van der Waals surface area contributed by atoms with E-state index in [1.54, 1.807) is 23.7 Å². The SMILES string of the molecule is Cn1c(CCC(N)=O)nnc1SCC(=O)Nc1ccccc1F. The first-order chi connectivity index (χ1) is 11.0. The van der Waals surface area contributed by atoms with E-state index in [-0.39, 0.29) is 23.8 Å². The van der Waals surface area contributed by atoms with Gasteiger partial charge in [0.05, 0.1) is 11.4 Å². The molecule has 23 heavy (non-hydrogen) atoms. The molecule has 0 radical (unpaired) electrons. The van der Waals surface area contributed by atoms with Crippen molar-refractivity contribution in [1.29, 1.82) is 0 Å². The van der Waals surface area contributed by atoms with Gasteiger partial charge in [0.25, 0.3) is 0 Å². The van der Waals surface area contributed by atoms with Gasteiger partial charge in [-0.2, -0.15) is 0 Å². The van der Waals surface area contributed by atoms with Crippen molar-refractivity contribution in [2.24, 2.45) is 12.8 Å². The molecule has 1 aromatic heterocycles. The normalized spacial score (nSPS) is 10.5. The van der Waals surface area contributed by atoms with Crippen LogP contribution in [-0.2, 0) is 23.1 Å². The van der Waals surface area contributed by atoms with Crippen molar-refractivity contribution in [3.8, 4) is 0 Å². The summed E-state index contributed by atoms with van der Waals surface area (Å²) in [6.07, 6.45) is 0.575. The van der Waals surface area contributed by atoms with E-state index in [0.29, 0.717) is 17.4 Å². The van der Waals surface area contributed by atoms with Gasteiger partial charge in [0.1, 0.15) is 11.6 Å². The van der Waals surface area contributed by atoms with Crippen LogP contribution in [0.25, 0.3) is 0 Å². The zero-order valence-electron chi connectivity index (χ0n) is 12.5. The van der Waals surface area contributed by atoms with Crippen LogP contribution < -0.4 is 11.1 Å². The number of benzene rings is 1. The van der Waals surface area contributed by atoms with Crippen LogP contribution in [0.3, 0.4) is 0 Å². The van der Waals surface area contributed by atoms with Crippen LogP contribution in [-0.4, -0.2) is 32.3 Å². The number of halogens is 1. The van der Waals surface area contributed by atoms with Gasteiger partial charge in [-0.05, 0) is 12.1 Å². The summed E-state index contributed by atoms with van der Waals surface area (Å²) < 4.78 is 15.1. The van der Waals surface area contributed by atoms with E-state index in [2.05, 4.69) is 15.5 Å². The molecule has 0 saturated heterocycles. The van der Waals surface area contributed by atoms with Crippen LogP contribution in [0.15, 0.2) is 29.4 Å². The maximum Gasteiger partial charge on any atom is 0.234 e. The second-order valence-electron chi connectivity index (χ2n) is 4.74. The lowest BCUT2D eigenvalue weighted by atomic mass is 10.3. The summed E-state index contributed by atoms with van der Waals surface area (Å²) in [5.41, 5.74) is 5.23. The molecule has 2 amide bonds. The summed E-state index contributed by atoms with van der Waals surface area (Å²) in [6, 6.07) is 5.95. The standard InChI is InChI=1S/C14H16FN5O2S/c1-20-12(7-6-11(16)21)18-19-14(20)23-8-13(22)17-10-5-3-2-4-9(10)15/h2-5H,6-8H2,1H3,(H2,16,21)(H,17,22). The molecule has 0 atom stereocenters. The fraction of sp³-hybridized carbons (Fsp3) is 0.286. The number of hydrogen-bond donors (Lipinski definition) is 2. The highest BCUT2D eigenvalue weighted by Crippen LogP contribution is 2.18. The molecule has 7 nitrogen and oxygen atoms in total. The number of amides is 2. The number of para-hydroxylation sites is 1. The highest BCUT2D eigenvalue weighted by Gasteiger charge is 2.13. The van der Waals surface area contributed by atoms with Gasteiger partial charge in [0.2, 0.25) is 11.8 Å². The Morgan fingerprint density at radius 3 is 2.78 bits per heavy atom. The smallest absolute Gasteiger partial charge is 0.234 e. The van der Waals surface area contributed by atoms with Crippen LogP contribution in [0, 0.1) is 5.82 Å². The molecular weight excluding hydrogens is 321 g/mol. The first-order valence-electron chi connectivity index (χ1n) is 6.81. The summed E-state index contributed by atoms with van der Waals surface area (Å²) in [5.74, 6) is -0.567. The van der Waals surface area contributed by atoms with Gasteiger partial charge in [-0.15, -0.1) is 10.2 Å². The fourth-order valence-electron chi connectivity index (χ4n) is 1.80. The van der Waals surface area contributed by atoms with Crippen LogP contribution in [0.2, 0.25) is 0 Å². The lowest BCUT2D eigenvalue weighted by Gasteiger charge is -2.06. The Kier molecular flexibility index (Phi) is 5.69. The number of aryl methyl sites for hydroxylation is 1. The Morgan fingerprint density at radius 2 is 2.09 bits per heavy atom. The number of primary amides is 1. The van der Waals surface area contributed by atoms with Crippen LogP contribution in [0.5, 0.6) is 0 Å². The molecule has 0 aliphatic heterocycles. The van der Waals surface area contributed by atoms with Crippen molar-refractivity contribution in [3.63, 3.8) is 0 Å². The van der Waals surface area contributed by atoms with Crippen molar-refractivity contribution >= 4 is 29.3 Å². The molecule has 0 aliphatic rings. The number of thioether (sulfide) groups is 1. The molecule has 0 bridgehead atoms. The van der Waals surface area contributed by atoms with Gasteiger partial charge in [-0.1, -0.05) is 23.9 Å². The summed E-state index contributed by atoms with van der Waals surface area (Å²) in [7, 11) is 1.74. The van der Waals surface area contributed by atoms with Crippen molar-refractivity contribution in [2.75, 3.05) is 11.1 Å². The summed E-state index contributed by atoms with van der Waals surface area (Å²) in [6.45, 7) is 0. The predicted octanol–water partition coefficient (Wildman–Crippen LogP) is 1.10. The minimum atomic E-state index is -0.488. The molecule has 2 rings (SSSR count).